The second-order valence-electron chi connectivity index (χ2n) is 10.5. The van der Waals surface area contributed by atoms with Crippen molar-refractivity contribution in [2.24, 2.45) is 0 Å². The summed E-state index contributed by atoms with van der Waals surface area (Å²) in [5.41, 5.74) is 3.89. The number of nitrogens with one attached hydrogen (secondary N) is 1. The second-order valence-corrected chi connectivity index (χ2v) is 11.5. The number of nitrogens with zero attached hydrogens (tertiary/aromatic N) is 3. The molecule has 7 nitrogen and oxygen atoms in total. The normalized spacial score (nSPS) is 14.3. The molecule has 1 fully saturated rings. The van der Waals surface area contributed by atoms with E-state index in [0.29, 0.717) is 31.7 Å². The van der Waals surface area contributed by atoms with Gasteiger partial charge in [0, 0.05) is 66.4 Å². The summed E-state index contributed by atoms with van der Waals surface area (Å²) in [7, 11) is 5.78. The van der Waals surface area contributed by atoms with Crippen LogP contribution in [0, 0.1) is 0 Å². The van der Waals surface area contributed by atoms with Gasteiger partial charge in [-0.1, -0.05) is 36.4 Å². The number of ether oxygens (including phenoxy) is 1. The molecule has 0 spiro atoms. The first-order valence-corrected chi connectivity index (χ1v) is 14.8. The maximum atomic E-state index is 14.1. The van der Waals surface area contributed by atoms with Crippen LogP contribution in [0.25, 0.3) is 10.9 Å². The third-order valence-corrected chi connectivity index (χ3v) is 8.56. The van der Waals surface area contributed by atoms with Crippen molar-refractivity contribution < 1.29 is 14.3 Å². The van der Waals surface area contributed by atoms with Crippen LogP contribution >= 0.6 is 11.3 Å². The van der Waals surface area contributed by atoms with Gasteiger partial charge in [0.2, 0.25) is 5.91 Å². The molecule has 3 heterocycles. The number of carbonyl (C=O) groups excluding carboxylic acids is 2. The molecule has 1 aliphatic rings. The first kappa shape index (κ1) is 27.9. The third-order valence-electron chi connectivity index (χ3n) is 7.62. The number of benzene rings is 2. The van der Waals surface area contributed by atoms with E-state index in [1.807, 2.05) is 23.1 Å². The number of rotatable bonds is 12. The molecule has 2 aromatic heterocycles. The highest BCUT2D eigenvalue weighted by Gasteiger charge is 2.31. The molecule has 1 aliphatic heterocycles. The van der Waals surface area contributed by atoms with Gasteiger partial charge in [0.1, 0.15) is 11.4 Å². The van der Waals surface area contributed by atoms with Crippen LogP contribution in [0.15, 0.2) is 66.0 Å². The van der Waals surface area contributed by atoms with Crippen LogP contribution in [0.2, 0.25) is 0 Å². The Balaban J connectivity index is 1.57. The summed E-state index contributed by atoms with van der Waals surface area (Å²) in [6.07, 6.45) is 2.30. The molecule has 0 radical (unpaired) electrons. The van der Waals surface area contributed by atoms with E-state index in [9.17, 15) is 9.59 Å². The van der Waals surface area contributed by atoms with Crippen LogP contribution in [0.3, 0.4) is 0 Å². The third kappa shape index (κ3) is 5.93. The van der Waals surface area contributed by atoms with E-state index in [4.69, 9.17) is 4.74 Å². The van der Waals surface area contributed by atoms with E-state index in [0.717, 1.165) is 53.7 Å². The monoisotopic (exact) mass is 558 g/mol. The molecule has 8 heteroatoms. The average molecular weight is 559 g/mol. The maximum absolute atomic E-state index is 14.1. The van der Waals surface area contributed by atoms with Crippen molar-refractivity contribution in [3.05, 3.63) is 87.7 Å². The number of aromatic nitrogens is 1. The van der Waals surface area contributed by atoms with Crippen LogP contribution in [-0.2, 0) is 11.3 Å². The van der Waals surface area contributed by atoms with Crippen molar-refractivity contribution in [2.75, 3.05) is 47.4 Å². The molecule has 1 N–H and O–H groups in total. The van der Waals surface area contributed by atoms with E-state index in [-0.39, 0.29) is 17.7 Å². The Bertz CT molecular complexity index is 1440. The number of carbonyl (C=O) groups is 2. The minimum absolute atomic E-state index is 0.0761. The first-order chi connectivity index (χ1) is 19.5. The predicted molar refractivity (Wildman–Crippen MR) is 162 cm³/mol. The Morgan fingerprint density at radius 3 is 2.55 bits per heavy atom. The fourth-order valence-corrected chi connectivity index (χ4v) is 6.48. The molecule has 210 valence electrons. The van der Waals surface area contributed by atoms with Gasteiger partial charge in [0.25, 0.3) is 5.91 Å². The van der Waals surface area contributed by atoms with Gasteiger partial charge in [-0.05, 0) is 62.1 Å². The molecule has 0 aliphatic carbocycles. The molecule has 2 aromatic carbocycles. The molecule has 0 bridgehead atoms. The van der Waals surface area contributed by atoms with Gasteiger partial charge in [0.15, 0.2) is 0 Å². The average Bonchev–Trinajstić information content (AvgIpc) is 3.71. The number of fused-ring (bicyclic) bond motifs is 1. The maximum Gasteiger partial charge on any atom is 0.268 e. The molecule has 2 amide bonds. The largest absolute Gasteiger partial charge is 0.497 e. The molecule has 1 unspecified atom stereocenters. The molecule has 1 saturated heterocycles. The molecule has 0 saturated carbocycles. The molecular weight excluding hydrogens is 520 g/mol. The molecule has 1 atom stereocenters. The molecular formula is C32H38N4O3S. The van der Waals surface area contributed by atoms with Gasteiger partial charge in [-0.15, -0.1) is 11.3 Å². The number of amides is 2. The Kier molecular flexibility index (Phi) is 8.87. The summed E-state index contributed by atoms with van der Waals surface area (Å²) in [5.74, 6) is 0.833. The quantitative estimate of drug-likeness (QED) is 0.243. The van der Waals surface area contributed by atoms with Crippen molar-refractivity contribution in [3.8, 4) is 5.75 Å². The minimum atomic E-state index is -0.112. The van der Waals surface area contributed by atoms with Gasteiger partial charge < -0.3 is 24.4 Å². The first-order valence-electron chi connectivity index (χ1n) is 14.0. The van der Waals surface area contributed by atoms with Gasteiger partial charge in [-0.25, -0.2) is 0 Å². The topological polar surface area (TPSA) is 66.8 Å². The highest BCUT2D eigenvalue weighted by Crippen LogP contribution is 2.42. The smallest absolute Gasteiger partial charge is 0.268 e. The highest BCUT2D eigenvalue weighted by atomic mass is 32.1. The number of methoxy groups -OCH3 is 1. The summed E-state index contributed by atoms with van der Waals surface area (Å²) in [5, 5.41) is 6.39. The Labute approximate surface area is 240 Å². The molecule has 40 heavy (non-hydrogen) atoms. The predicted octanol–water partition coefficient (Wildman–Crippen LogP) is 5.20. The van der Waals surface area contributed by atoms with E-state index in [1.54, 1.807) is 18.4 Å². The summed E-state index contributed by atoms with van der Waals surface area (Å²) in [6.45, 7) is 3.52. The number of hydrogen-bond acceptors (Lipinski definition) is 5. The summed E-state index contributed by atoms with van der Waals surface area (Å²) in [6, 6.07) is 20.7. The van der Waals surface area contributed by atoms with Crippen LogP contribution in [0.4, 0.5) is 0 Å². The zero-order valence-electron chi connectivity index (χ0n) is 23.6. The second kappa shape index (κ2) is 12.7. The number of hydrogen-bond donors (Lipinski definition) is 1. The van der Waals surface area contributed by atoms with Crippen LogP contribution in [0.5, 0.6) is 5.75 Å². The SMILES string of the molecule is COc1ccc(C(c2cccs2)c2c(C(=O)NCCCN3CCCC3=O)n(CCN(C)C)c3ccccc23)cc1. The van der Waals surface area contributed by atoms with Crippen molar-refractivity contribution in [1.29, 1.82) is 0 Å². The van der Waals surface area contributed by atoms with Gasteiger partial charge >= 0.3 is 0 Å². The van der Waals surface area contributed by atoms with Crippen molar-refractivity contribution in [1.82, 2.24) is 19.7 Å². The van der Waals surface area contributed by atoms with E-state index in [2.05, 4.69) is 76.7 Å². The fraction of sp³-hybridized carbons (Fsp3) is 0.375. The van der Waals surface area contributed by atoms with Crippen LogP contribution in [-0.4, -0.2) is 73.6 Å². The number of para-hydroxylation sites is 1. The summed E-state index contributed by atoms with van der Waals surface area (Å²) < 4.78 is 7.63. The van der Waals surface area contributed by atoms with E-state index >= 15 is 0 Å². The lowest BCUT2D eigenvalue weighted by molar-refractivity contribution is -0.127. The summed E-state index contributed by atoms with van der Waals surface area (Å²) in [4.78, 5) is 31.4. The highest BCUT2D eigenvalue weighted by molar-refractivity contribution is 7.10. The van der Waals surface area contributed by atoms with Crippen molar-refractivity contribution in [2.45, 2.75) is 31.7 Å². The van der Waals surface area contributed by atoms with Gasteiger partial charge in [-0.3, -0.25) is 9.59 Å². The zero-order chi connectivity index (χ0) is 28.1. The molecule has 5 rings (SSSR count). The van der Waals surface area contributed by atoms with Gasteiger partial charge in [-0.2, -0.15) is 0 Å². The standard InChI is InChI=1S/C32H38N4O3S/c1-34(2)20-21-36-26-10-5-4-9-25(26)30(31(36)32(38)33-17-8-19-35-18-6-12-28(35)37)29(27-11-7-22-40-27)23-13-15-24(39-3)16-14-23/h4-5,7,9-11,13-16,22,29H,6,8,12,17-21H2,1-3H3,(H,33,38). The molecule has 4 aromatic rings. The zero-order valence-corrected chi connectivity index (χ0v) is 24.4. The fourth-order valence-electron chi connectivity index (χ4n) is 5.62. The lowest BCUT2D eigenvalue weighted by atomic mass is 9.87. The number of likely N-dealkylation sites (N-methyl/N-ethyl adjacent to an activating group) is 1. The van der Waals surface area contributed by atoms with Gasteiger partial charge in [0.05, 0.1) is 7.11 Å². The number of likely N-dealkylation sites (tertiary alicyclic amines) is 1. The van der Waals surface area contributed by atoms with E-state index < -0.39 is 0 Å². The Morgan fingerprint density at radius 2 is 1.88 bits per heavy atom. The van der Waals surface area contributed by atoms with Crippen LogP contribution < -0.4 is 10.1 Å². The lowest BCUT2D eigenvalue weighted by Gasteiger charge is -2.21. The number of thiophene rings is 1. The van der Waals surface area contributed by atoms with Crippen molar-refractivity contribution in [3.63, 3.8) is 0 Å². The summed E-state index contributed by atoms with van der Waals surface area (Å²) >= 11 is 1.71. The van der Waals surface area contributed by atoms with Crippen molar-refractivity contribution >= 4 is 34.1 Å². The van der Waals surface area contributed by atoms with E-state index in [1.165, 1.54) is 4.88 Å². The minimum Gasteiger partial charge on any atom is -0.497 e. The Morgan fingerprint density at radius 1 is 1.07 bits per heavy atom. The Hall–Kier alpha value is -3.62. The lowest BCUT2D eigenvalue weighted by Crippen LogP contribution is -2.32. The van der Waals surface area contributed by atoms with Crippen LogP contribution in [0.1, 0.15) is 51.7 Å².